The van der Waals surface area contributed by atoms with E-state index in [0.29, 0.717) is 12.4 Å². The van der Waals surface area contributed by atoms with E-state index in [1.54, 1.807) is 18.7 Å². The molecule has 1 aromatic heterocycles. The van der Waals surface area contributed by atoms with Gasteiger partial charge in [-0.2, -0.15) is 0 Å². The number of ether oxygens (including phenoxy) is 2. The number of esters is 2. The molecule has 0 unspecified atom stereocenters. The summed E-state index contributed by atoms with van der Waals surface area (Å²) in [5.41, 5.74) is 0.794. The Kier molecular flexibility index (Phi) is 7.80. The molecule has 0 aliphatic carbocycles. The molecule has 0 saturated heterocycles. The number of aryl methyl sites for hydroxylation is 1. The van der Waals surface area contributed by atoms with Crippen LogP contribution in [0, 0.1) is 0 Å². The van der Waals surface area contributed by atoms with Crippen LogP contribution in [0.2, 0.25) is 0 Å². The van der Waals surface area contributed by atoms with Crippen molar-refractivity contribution in [2.75, 3.05) is 24.7 Å². The van der Waals surface area contributed by atoms with Gasteiger partial charge in [-0.05, 0) is 39.3 Å². The lowest BCUT2D eigenvalue weighted by Crippen LogP contribution is -2.24. The van der Waals surface area contributed by atoms with Gasteiger partial charge in [0.1, 0.15) is 5.82 Å². The van der Waals surface area contributed by atoms with Gasteiger partial charge in [0.25, 0.3) is 0 Å². The van der Waals surface area contributed by atoms with Crippen LogP contribution >= 0.6 is 0 Å². The minimum Gasteiger partial charge on any atom is -0.462 e. The van der Waals surface area contributed by atoms with E-state index in [9.17, 15) is 9.59 Å². The third-order valence-corrected chi connectivity index (χ3v) is 3.06. The van der Waals surface area contributed by atoms with E-state index < -0.39 is 11.9 Å². The summed E-state index contributed by atoms with van der Waals surface area (Å²) in [6, 6.07) is 5.65. The smallest absolute Gasteiger partial charge is 0.347 e. The molecule has 0 N–H and O–H groups in total. The Balaban J connectivity index is 3.18. The van der Waals surface area contributed by atoms with E-state index in [-0.39, 0.29) is 18.8 Å². The van der Waals surface area contributed by atoms with Crippen molar-refractivity contribution in [2.45, 2.75) is 34.1 Å². The van der Waals surface area contributed by atoms with Gasteiger partial charge in [-0.15, -0.1) is 0 Å². The highest BCUT2D eigenvalue weighted by Crippen LogP contribution is 2.15. The lowest BCUT2D eigenvalue weighted by Gasteiger charge is -2.19. The van der Waals surface area contributed by atoms with E-state index in [4.69, 9.17) is 9.47 Å². The van der Waals surface area contributed by atoms with Gasteiger partial charge in [0.05, 0.1) is 13.2 Å². The Hall–Kier alpha value is -2.37. The number of hydrogen-bond donors (Lipinski definition) is 0. The second-order valence-electron chi connectivity index (χ2n) is 4.61. The second kappa shape index (κ2) is 9.61. The number of aromatic nitrogens is 1. The average Bonchev–Trinajstić information content (AvgIpc) is 2.56. The normalized spacial score (nSPS) is 9.91. The first-order valence-electron chi connectivity index (χ1n) is 7.85. The van der Waals surface area contributed by atoms with Crippen molar-refractivity contribution in [2.24, 2.45) is 0 Å². The van der Waals surface area contributed by atoms with Crippen LogP contribution in [0.5, 0.6) is 0 Å². The van der Waals surface area contributed by atoms with E-state index in [2.05, 4.69) is 4.98 Å². The van der Waals surface area contributed by atoms with Gasteiger partial charge in [-0.3, -0.25) is 0 Å². The molecule has 0 aromatic carbocycles. The van der Waals surface area contributed by atoms with Crippen LogP contribution in [-0.2, 0) is 25.5 Å². The largest absolute Gasteiger partial charge is 0.462 e. The van der Waals surface area contributed by atoms with Gasteiger partial charge >= 0.3 is 11.9 Å². The summed E-state index contributed by atoms with van der Waals surface area (Å²) < 4.78 is 9.89. The molecule has 0 aliphatic rings. The van der Waals surface area contributed by atoms with Crippen LogP contribution in [0.3, 0.4) is 0 Å². The molecule has 0 fully saturated rings. The average molecular weight is 320 g/mol. The first-order valence-corrected chi connectivity index (χ1v) is 7.85. The molecule has 6 heteroatoms. The van der Waals surface area contributed by atoms with Gasteiger partial charge in [-0.25, -0.2) is 14.6 Å². The molecule has 126 valence electrons. The Morgan fingerprint density at radius 2 is 1.70 bits per heavy atom. The van der Waals surface area contributed by atoms with Crippen LogP contribution in [0.4, 0.5) is 5.82 Å². The van der Waals surface area contributed by atoms with Crippen LogP contribution in [0.25, 0.3) is 0 Å². The predicted molar refractivity (Wildman–Crippen MR) is 88.0 cm³/mol. The molecule has 0 amide bonds. The molecule has 1 aromatic rings. The zero-order chi connectivity index (χ0) is 17.2. The van der Waals surface area contributed by atoms with E-state index in [1.807, 2.05) is 32.0 Å². The van der Waals surface area contributed by atoms with Crippen molar-refractivity contribution in [1.29, 1.82) is 0 Å². The molecule has 1 rings (SSSR count). The quantitative estimate of drug-likeness (QED) is 0.317. The van der Waals surface area contributed by atoms with Gasteiger partial charge in [0, 0.05) is 18.4 Å². The van der Waals surface area contributed by atoms with Crippen molar-refractivity contribution in [3.63, 3.8) is 0 Å². The van der Waals surface area contributed by atoms with Crippen molar-refractivity contribution in [3.05, 3.63) is 35.7 Å². The van der Waals surface area contributed by atoms with Crippen molar-refractivity contribution >= 4 is 17.8 Å². The zero-order valence-electron chi connectivity index (χ0n) is 14.2. The second-order valence-corrected chi connectivity index (χ2v) is 4.61. The number of carbonyl (C=O) groups excluding carboxylic acids is 2. The molecule has 0 spiro atoms. The standard InChI is InChI=1S/C17H24N2O4/c1-5-13-10-9-11-15(18-13)19(6-2)12-14(16(20)22-7-3)17(21)23-8-4/h9-12H,5-8H2,1-4H3. The summed E-state index contributed by atoms with van der Waals surface area (Å²) in [5.74, 6) is -0.731. The maximum atomic E-state index is 12.0. The zero-order valence-corrected chi connectivity index (χ0v) is 14.2. The monoisotopic (exact) mass is 320 g/mol. The van der Waals surface area contributed by atoms with Crippen LogP contribution < -0.4 is 4.90 Å². The molecule has 0 atom stereocenters. The first-order chi connectivity index (χ1) is 11.1. The summed E-state index contributed by atoms with van der Waals surface area (Å²) >= 11 is 0. The molecule has 6 nitrogen and oxygen atoms in total. The Morgan fingerprint density at radius 1 is 1.09 bits per heavy atom. The van der Waals surface area contributed by atoms with Crippen LogP contribution in [-0.4, -0.2) is 36.7 Å². The highest BCUT2D eigenvalue weighted by Gasteiger charge is 2.22. The molecule has 1 heterocycles. The van der Waals surface area contributed by atoms with E-state index in [1.165, 1.54) is 6.20 Å². The summed E-state index contributed by atoms with van der Waals surface area (Å²) in [6.07, 6.45) is 2.25. The van der Waals surface area contributed by atoms with Crippen molar-refractivity contribution in [1.82, 2.24) is 4.98 Å². The Bertz CT molecular complexity index is 549. The van der Waals surface area contributed by atoms with Gasteiger partial charge in [-0.1, -0.05) is 13.0 Å². The molecule has 23 heavy (non-hydrogen) atoms. The third kappa shape index (κ3) is 5.39. The van der Waals surface area contributed by atoms with E-state index >= 15 is 0 Å². The molecule has 0 radical (unpaired) electrons. The number of carbonyl (C=O) groups is 2. The van der Waals surface area contributed by atoms with Crippen molar-refractivity contribution < 1.29 is 19.1 Å². The number of anilines is 1. The van der Waals surface area contributed by atoms with Crippen LogP contribution in [0.15, 0.2) is 30.0 Å². The molecular formula is C17H24N2O4. The van der Waals surface area contributed by atoms with Gasteiger partial charge in [0.2, 0.25) is 0 Å². The minimum atomic E-state index is -0.698. The molecular weight excluding hydrogens is 296 g/mol. The van der Waals surface area contributed by atoms with Crippen molar-refractivity contribution in [3.8, 4) is 0 Å². The van der Waals surface area contributed by atoms with Crippen LogP contribution in [0.1, 0.15) is 33.4 Å². The number of nitrogens with zero attached hydrogens (tertiary/aromatic N) is 2. The first kappa shape index (κ1) is 18.7. The topological polar surface area (TPSA) is 68.7 Å². The lowest BCUT2D eigenvalue weighted by molar-refractivity contribution is -0.146. The maximum absolute atomic E-state index is 12.0. The lowest BCUT2D eigenvalue weighted by atomic mass is 10.2. The van der Waals surface area contributed by atoms with Gasteiger partial charge < -0.3 is 14.4 Å². The maximum Gasteiger partial charge on any atom is 0.347 e. The Morgan fingerprint density at radius 3 is 2.17 bits per heavy atom. The molecule has 0 aliphatic heterocycles. The summed E-state index contributed by atoms with van der Waals surface area (Å²) in [6.45, 7) is 8.21. The minimum absolute atomic E-state index is 0.140. The fraction of sp³-hybridized carbons (Fsp3) is 0.471. The fourth-order valence-electron chi connectivity index (χ4n) is 1.91. The number of hydrogen-bond acceptors (Lipinski definition) is 6. The number of pyridine rings is 1. The highest BCUT2D eigenvalue weighted by molar-refractivity contribution is 6.14. The summed E-state index contributed by atoms with van der Waals surface area (Å²) in [7, 11) is 0. The third-order valence-electron chi connectivity index (χ3n) is 3.06. The summed E-state index contributed by atoms with van der Waals surface area (Å²) in [5, 5.41) is 0. The molecule has 0 bridgehead atoms. The fourth-order valence-corrected chi connectivity index (χ4v) is 1.91. The SMILES string of the molecule is CCOC(=O)C(=CN(CC)c1cccc(CC)n1)C(=O)OCC. The summed E-state index contributed by atoms with van der Waals surface area (Å²) in [4.78, 5) is 30.3. The predicted octanol–water partition coefficient (Wildman–Crippen LogP) is 2.48. The van der Waals surface area contributed by atoms with E-state index in [0.717, 1.165) is 12.1 Å². The number of rotatable bonds is 8. The highest BCUT2D eigenvalue weighted by atomic mass is 16.6. The molecule has 0 saturated carbocycles. The Labute approximate surface area is 137 Å². The van der Waals surface area contributed by atoms with Gasteiger partial charge in [0.15, 0.2) is 5.57 Å².